The van der Waals surface area contributed by atoms with Crippen LogP contribution in [0.5, 0.6) is 5.75 Å². The van der Waals surface area contributed by atoms with Gasteiger partial charge >= 0.3 is 0 Å². The molecule has 1 aromatic carbocycles. The van der Waals surface area contributed by atoms with Crippen molar-refractivity contribution in [3.63, 3.8) is 0 Å². The third kappa shape index (κ3) is 3.20. The minimum absolute atomic E-state index is 0.219. The zero-order chi connectivity index (χ0) is 17.1. The molecule has 5 nitrogen and oxygen atoms in total. The van der Waals surface area contributed by atoms with E-state index in [4.69, 9.17) is 20.8 Å². The predicted molar refractivity (Wildman–Crippen MR) is 97.7 cm³/mol. The Morgan fingerprint density at radius 1 is 1.42 bits per heavy atom. The first-order chi connectivity index (χ1) is 11.6. The van der Waals surface area contributed by atoms with Gasteiger partial charge in [0.2, 0.25) is 0 Å². The highest BCUT2D eigenvalue weighted by molar-refractivity contribution is 8.14. The van der Waals surface area contributed by atoms with E-state index in [2.05, 4.69) is 4.99 Å². The molecule has 0 unspecified atom stereocenters. The van der Waals surface area contributed by atoms with Gasteiger partial charge in [-0.15, -0.1) is 0 Å². The van der Waals surface area contributed by atoms with E-state index in [1.165, 1.54) is 11.8 Å². The van der Waals surface area contributed by atoms with E-state index in [1.807, 2.05) is 6.92 Å². The van der Waals surface area contributed by atoms with Crippen LogP contribution in [0.2, 0.25) is 5.02 Å². The highest BCUT2D eigenvalue weighted by Gasteiger charge is 2.32. The number of methoxy groups -OCH3 is 1. The number of thioether (sulfide) groups is 1. The quantitative estimate of drug-likeness (QED) is 0.754. The number of hydrogen-bond acceptors (Lipinski definition) is 5. The molecule has 3 rings (SSSR count). The molecule has 2 aromatic rings. The number of benzene rings is 1. The largest absolute Gasteiger partial charge is 0.495 e. The molecule has 24 heavy (non-hydrogen) atoms. The number of amidine groups is 1. The van der Waals surface area contributed by atoms with Crippen LogP contribution in [0.4, 0.5) is 5.69 Å². The van der Waals surface area contributed by atoms with Crippen LogP contribution in [0, 0.1) is 0 Å². The standard InChI is InChI=1S/C17H15ClN2O3S/c1-3-24-17-19-14(10-12-5-4-8-23-12)16(21)20(17)11-6-7-15(22-2)13(18)9-11/h4-10H,3H2,1-2H3/b14-10-. The molecule has 0 fully saturated rings. The summed E-state index contributed by atoms with van der Waals surface area (Å²) < 4.78 is 10.4. The van der Waals surface area contributed by atoms with Gasteiger partial charge in [-0.3, -0.25) is 9.69 Å². The normalized spacial score (nSPS) is 16.0. The van der Waals surface area contributed by atoms with Crippen molar-refractivity contribution in [2.75, 3.05) is 17.8 Å². The van der Waals surface area contributed by atoms with Crippen LogP contribution in [0.1, 0.15) is 12.7 Å². The van der Waals surface area contributed by atoms with Crippen LogP contribution in [0.15, 0.2) is 51.7 Å². The highest BCUT2D eigenvalue weighted by Crippen LogP contribution is 2.34. The Balaban J connectivity index is 1.99. The molecule has 1 aromatic heterocycles. The molecule has 2 heterocycles. The third-order valence-corrected chi connectivity index (χ3v) is 4.43. The van der Waals surface area contributed by atoms with Crippen molar-refractivity contribution in [3.8, 4) is 5.75 Å². The summed E-state index contributed by atoms with van der Waals surface area (Å²) in [4.78, 5) is 18.8. The van der Waals surface area contributed by atoms with Gasteiger partial charge in [-0.2, -0.15) is 0 Å². The number of amides is 1. The number of nitrogens with zero attached hydrogens (tertiary/aromatic N) is 2. The maximum atomic E-state index is 12.8. The summed E-state index contributed by atoms with van der Waals surface area (Å²) in [6.07, 6.45) is 3.18. The number of hydrogen-bond donors (Lipinski definition) is 0. The molecule has 0 atom stereocenters. The lowest BCUT2D eigenvalue weighted by molar-refractivity contribution is -0.113. The summed E-state index contributed by atoms with van der Waals surface area (Å²) in [5.41, 5.74) is 0.973. The lowest BCUT2D eigenvalue weighted by atomic mass is 10.2. The number of halogens is 1. The first kappa shape index (κ1) is 16.7. The molecule has 0 saturated heterocycles. The van der Waals surface area contributed by atoms with E-state index in [9.17, 15) is 4.79 Å². The van der Waals surface area contributed by atoms with Crippen molar-refractivity contribution in [3.05, 3.63) is 53.1 Å². The second-order valence-electron chi connectivity index (χ2n) is 4.83. The number of carbonyl (C=O) groups is 1. The second kappa shape index (κ2) is 7.15. The number of furan rings is 1. The lowest BCUT2D eigenvalue weighted by Gasteiger charge is -2.18. The summed E-state index contributed by atoms with van der Waals surface area (Å²) >= 11 is 7.68. The van der Waals surface area contributed by atoms with Crippen LogP contribution < -0.4 is 9.64 Å². The van der Waals surface area contributed by atoms with Crippen LogP contribution in [-0.2, 0) is 4.79 Å². The van der Waals surface area contributed by atoms with E-state index in [1.54, 1.807) is 54.7 Å². The van der Waals surface area contributed by atoms with E-state index in [0.717, 1.165) is 5.75 Å². The fourth-order valence-corrected chi connectivity index (χ4v) is 3.24. The lowest BCUT2D eigenvalue weighted by Crippen LogP contribution is -2.30. The molecule has 124 valence electrons. The van der Waals surface area contributed by atoms with Crippen LogP contribution in [0.3, 0.4) is 0 Å². The smallest absolute Gasteiger partial charge is 0.283 e. The van der Waals surface area contributed by atoms with E-state index in [-0.39, 0.29) is 5.91 Å². The zero-order valence-corrected chi connectivity index (χ0v) is 14.7. The van der Waals surface area contributed by atoms with Crippen LogP contribution >= 0.6 is 23.4 Å². The van der Waals surface area contributed by atoms with E-state index >= 15 is 0 Å². The summed E-state index contributed by atoms with van der Waals surface area (Å²) in [6.45, 7) is 2.01. The molecule has 1 aliphatic rings. The fraction of sp³-hybridized carbons (Fsp3) is 0.176. The third-order valence-electron chi connectivity index (χ3n) is 3.32. The second-order valence-corrected chi connectivity index (χ2v) is 6.47. The van der Waals surface area contributed by atoms with Crippen molar-refractivity contribution < 1.29 is 13.9 Å². The Morgan fingerprint density at radius 2 is 2.25 bits per heavy atom. The van der Waals surface area contributed by atoms with Crippen molar-refractivity contribution in [1.29, 1.82) is 0 Å². The molecule has 0 radical (unpaired) electrons. The number of aliphatic imine (C=N–C) groups is 1. The van der Waals surface area contributed by atoms with Crippen molar-refractivity contribution in [2.45, 2.75) is 6.92 Å². The average Bonchev–Trinajstić information content (AvgIpc) is 3.17. The molecule has 0 bridgehead atoms. The molecule has 0 saturated carbocycles. The molecular formula is C17H15ClN2O3S. The number of ether oxygens (including phenoxy) is 1. The van der Waals surface area contributed by atoms with Gasteiger partial charge in [-0.25, -0.2) is 4.99 Å². The molecule has 1 amide bonds. The minimum atomic E-state index is -0.219. The maximum Gasteiger partial charge on any atom is 0.283 e. The highest BCUT2D eigenvalue weighted by atomic mass is 35.5. The Kier molecular flexibility index (Phi) is 4.97. The monoisotopic (exact) mass is 362 g/mol. The van der Waals surface area contributed by atoms with Gasteiger partial charge < -0.3 is 9.15 Å². The van der Waals surface area contributed by atoms with Gasteiger partial charge in [-0.1, -0.05) is 30.3 Å². The Bertz CT molecular complexity index is 815. The molecule has 0 aliphatic carbocycles. The van der Waals surface area contributed by atoms with E-state index in [0.29, 0.717) is 33.1 Å². The Labute approximate surface area is 148 Å². The van der Waals surface area contributed by atoms with Crippen molar-refractivity contribution in [2.24, 2.45) is 4.99 Å². The first-order valence-electron chi connectivity index (χ1n) is 7.28. The topological polar surface area (TPSA) is 55.0 Å². The molecule has 1 aliphatic heterocycles. The Hall–Kier alpha value is -2.18. The van der Waals surface area contributed by atoms with Crippen molar-refractivity contribution >= 4 is 46.2 Å². The predicted octanol–water partition coefficient (Wildman–Crippen LogP) is 4.44. The van der Waals surface area contributed by atoms with Gasteiger partial charge in [0.05, 0.1) is 24.1 Å². The molecule has 0 N–H and O–H groups in total. The Morgan fingerprint density at radius 3 is 2.88 bits per heavy atom. The molecule has 7 heteroatoms. The number of rotatable bonds is 4. The van der Waals surface area contributed by atoms with Crippen molar-refractivity contribution in [1.82, 2.24) is 0 Å². The molecular weight excluding hydrogens is 348 g/mol. The van der Waals surface area contributed by atoms with Crippen LogP contribution in [0.25, 0.3) is 6.08 Å². The summed E-state index contributed by atoms with van der Waals surface area (Å²) in [7, 11) is 1.55. The van der Waals surface area contributed by atoms with Gasteiger partial charge in [0, 0.05) is 6.08 Å². The minimum Gasteiger partial charge on any atom is -0.495 e. The van der Waals surface area contributed by atoms with Gasteiger partial charge in [0.25, 0.3) is 5.91 Å². The average molecular weight is 363 g/mol. The summed E-state index contributed by atoms with van der Waals surface area (Å²) in [5, 5.41) is 1.05. The summed E-state index contributed by atoms with van der Waals surface area (Å²) in [6, 6.07) is 8.74. The van der Waals surface area contributed by atoms with Gasteiger partial charge in [0.1, 0.15) is 17.2 Å². The first-order valence-corrected chi connectivity index (χ1v) is 8.65. The SMILES string of the molecule is CCSC1=N/C(=C\c2ccco2)C(=O)N1c1ccc(OC)c(Cl)c1. The van der Waals surface area contributed by atoms with E-state index < -0.39 is 0 Å². The maximum absolute atomic E-state index is 12.8. The van der Waals surface area contributed by atoms with Gasteiger partial charge in [0.15, 0.2) is 5.17 Å². The fourth-order valence-electron chi connectivity index (χ4n) is 2.25. The number of anilines is 1. The summed E-state index contributed by atoms with van der Waals surface area (Å²) in [5.74, 6) is 1.71. The van der Waals surface area contributed by atoms with Gasteiger partial charge in [-0.05, 0) is 36.1 Å². The van der Waals surface area contributed by atoms with Crippen LogP contribution in [-0.4, -0.2) is 23.9 Å². The molecule has 0 spiro atoms. The zero-order valence-electron chi connectivity index (χ0n) is 13.2. The number of carbonyl (C=O) groups excluding carboxylic acids is 1.